The first-order valence-electron chi connectivity index (χ1n) is 6.55. The molecule has 0 radical (unpaired) electrons. The van der Waals surface area contributed by atoms with Crippen molar-refractivity contribution in [1.82, 2.24) is 5.32 Å². The Hall–Kier alpha value is -0.190. The zero-order valence-corrected chi connectivity index (χ0v) is 12.7. The van der Waals surface area contributed by atoms with Crippen molar-refractivity contribution in [3.05, 3.63) is 28.2 Å². The van der Waals surface area contributed by atoms with Gasteiger partial charge < -0.3 is 10.1 Å². The van der Waals surface area contributed by atoms with Crippen LogP contribution in [0.5, 0.6) is 5.75 Å². The first-order valence-corrected chi connectivity index (χ1v) is 8.49. The second-order valence-corrected chi connectivity index (χ2v) is 7.15. The average molecular weight is 328 g/mol. The van der Waals surface area contributed by atoms with Gasteiger partial charge in [-0.05, 0) is 54.2 Å². The minimum atomic E-state index is 0.309. The number of hydrogen-bond acceptors (Lipinski definition) is 3. The molecule has 0 saturated carbocycles. The van der Waals surface area contributed by atoms with E-state index in [2.05, 4.69) is 45.1 Å². The maximum absolute atomic E-state index is 5.94. The van der Waals surface area contributed by atoms with Gasteiger partial charge in [-0.15, -0.1) is 0 Å². The minimum absolute atomic E-state index is 0.309. The van der Waals surface area contributed by atoms with Gasteiger partial charge in [-0.1, -0.05) is 15.9 Å². The van der Waals surface area contributed by atoms with E-state index >= 15 is 0 Å². The van der Waals surface area contributed by atoms with Crippen LogP contribution in [0.1, 0.15) is 12.0 Å². The van der Waals surface area contributed by atoms with Crippen molar-refractivity contribution in [1.29, 1.82) is 0 Å². The number of thioether (sulfide) groups is 1. The van der Waals surface area contributed by atoms with Crippen LogP contribution in [0.25, 0.3) is 0 Å². The van der Waals surface area contributed by atoms with E-state index in [1.165, 1.54) is 23.5 Å². The normalized spacial score (nSPS) is 26.1. The molecule has 3 rings (SSSR count). The molecular formula is C14H18BrNOS. The fourth-order valence-electron chi connectivity index (χ4n) is 2.60. The summed E-state index contributed by atoms with van der Waals surface area (Å²) in [6.07, 6.45) is 2.71. The number of hydrogen-bond donors (Lipinski definition) is 1. The Morgan fingerprint density at radius 3 is 3.17 bits per heavy atom. The highest BCUT2D eigenvalue weighted by Crippen LogP contribution is 2.31. The molecule has 4 heteroatoms. The van der Waals surface area contributed by atoms with Crippen molar-refractivity contribution in [2.45, 2.75) is 18.9 Å². The fourth-order valence-corrected chi connectivity index (χ4v) is 4.29. The standard InChI is InChI=1S/C14H18BrNOS/c15-12-1-2-14-11(5-12)6-13(17-14)8-16-7-10-3-4-18-9-10/h1-2,5,10,13,16H,3-4,6-9H2. The molecule has 0 bridgehead atoms. The maximum Gasteiger partial charge on any atom is 0.123 e. The van der Waals surface area contributed by atoms with Gasteiger partial charge in [0.1, 0.15) is 11.9 Å². The van der Waals surface area contributed by atoms with Gasteiger partial charge in [0.05, 0.1) is 0 Å². The van der Waals surface area contributed by atoms with E-state index in [9.17, 15) is 0 Å². The molecule has 2 aliphatic heterocycles. The van der Waals surface area contributed by atoms with Crippen LogP contribution < -0.4 is 10.1 Å². The number of benzene rings is 1. The molecule has 1 fully saturated rings. The smallest absolute Gasteiger partial charge is 0.123 e. The zero-order valence-electron chi connectivity index (χ0n) is 10.3. The Morgan fingerprint density at radius 1 is 1.39 bits per heavy atom. The summed E-state index contributed by atoms with van der Waals surface area (Å²) in [6, 6.07) is 6.28. The van der Waals surface area contributed by atoms with Crippen molar-refractivity contribution < 1.29 is 4.74 Å². The SMILES string of the molecule is Brc1ccc2c(c1)CC(CNCC1CCSC1)O2. The molecular weight excluding hydrogens is 310 g/mol. The lowest BCUT2D eigenvalue weighted by Gasteiger charge is -2.14. The largest absolute Gasteiger partial charge is 0.488 e. The van der Waals surface area contributed by atoms with Crippen molar-refractivity contribution in [2.24, 2.45) is 5.92 Å². The lowest BCUT2D eigenvalue weighted by molar-refractivity contribution is 0.225. The highest BCUT2D eigenvalue weighted by Gasteiger charge is 2.23. The second kappa shape index (κ2) is 5.85. The molecule has 2 aliphatic rings. The van der Waals surface area contributed by atoms with Crippen LogP contribution in [0.15, 0.2) is 22.7 Å². The summed E-state index contributed by atoms with van der Waals surface area (Å²) in [5.41, 5.74) is 1.33. The summed E-state index contributed by atoms with van der Waals surface area (Å²) in [6.45, 7) is 2.11. The summed E-state index contributed by atoms with van der Waals surface area (Å²) in [5, 5.41) is 3.57. The van der Waals surface area contributed by atoms with Gasteiger partial charge in [0, 0.05) is 17.4 Å². The molecule has 0 amide bonds. The van der Waals surface area contributed by atoms with Crippen molar-refractivity contribution in [2.75, 3.05) is 24.6 Å². The van der Waals surface area contributed by atoms with Crippen LogP contribution in [-0.2, 0) is 6.42 Å². The molecule has 0 spiro atoms. The number of fused-ring (bicyclic) bond motifs is 1. The van der Waals surface area contributed by atoms with Gasteiger partial charge in [0.25, 0.3) is 0 Å². The third-order valence-corrected chi connectivity index (χ3v) is 5.32. The molecule has 18 heavy (non-hydrogen) atoms. The predicted octanol–water partition coefficient (Wildman–Crippen LogP) is 3.10. The topological polar surface area (TPSA) is 21.3 Å². The minimum Gasteiger partial charge on any atom is -0.488 e. The number of halogens is 1. The van der Waals surface area contributed by atoms with Crippen molar-refractivity contribution in [3.8, 4) is 5.75 Å². The van der Waals surface area contributed by atoms with E-state index in [0.717, 1.165) is 35.7 Å². The molecule has 1 aromatic carbocycles. The summed E-state index contributed by atoms with van der Waals surface area (Å²) in [7, 11) is 0. The molecule has 2 nitrogen and oxygen atoms in total. The van der Waals surface area contributed by atoms with Gasteiger partial charge in [0.15, 0.2) is 0 Å². The van der Waals surface area contributed by atoms with E-state index in [-0.39, 0.29) is 0 Å². The Bertz CT molecular complexity index is 420. The summed E-state index contributed by atoms with van der Waals surface area (Å²) in [5.74, 6) is 4.59. The molecule has 98 valence electrons. The third-order valence-electron chi connectivity index (χ3n) is 3.59. The first-order chi connectivity index (χ1) is 8.81. The quantitative estimate of drug-likeness (QED) is 0.918. The number of nitrogens with one attached hydrogen (secondary N) is 1. The Kier molecular flexibility index (Phi) is 4.16. The third kappa shape index (κ3) is 3.03. The Morgan fingerprint density at radius 2 is 2.33 bits per heavy atom. The van der Waals surface area contributed by atoms with E-state index in [1.807, 2.05) is 6.07 Å². The summed E-state index contributed by atoms with van der Waals surface area (Å²) in [4.78, 5) is 0. The average Bonchev–Trinajstić information content (AvgIpc) is 2.97. The molecule has 2 unspecified atom stereocenters. The van der Waals surface area contributed by atoms with Crippen LogP contribution in [0.3, 0.4) is 0 Å². The predicted molar refractivity (Wildman–Crippen MR) is 80.6 cm³/mol. The molecule has 1 saturated heterocycles. The monoisotopic (exact) mass is 327 g/mol. The van der Waals surface area contributed by atoms with Gasteiger partial charge in [-0.25, -0.2) is 0 Å². The van der Waals surface area contributed by atoms with Crippen molar-refractivity contribution >= 4 is 27.7 Å². The maximum atomic E-state index is 5.94. The number of rotatable bonds is 4. The summed E-state index contributed by atoms with van der Waals surface area (Å²) < 4.78 is 7.08. The molecule has 0 aliphatic carbocycles. The molecule has 1 N–H and O–H groups in total. The van der Waals surface area contributed by atoms with Crippen LogP contribution >= 0.6 is 27.7 Å². The van der Waals surface area contributed by atoms with Gasteiger partial charge in [-0.2, -0.15) is 11.8 Å². The molecule has 2 atom stereocenters. The molecule has 2 heterocycles. The Balaban J connectivity index is 1.46. The highest BCUT2D eigenvalue weighted by molar-refractivity contribution is 9.10. The zero-order chi connectivity index (χ0) is 12.4. The lowest BCUT2D eigenvalue weighted by Crippen LogP contribution is -2.33. The second-order valence-electron chi connectivity index (χ2n) is 5.08. The number of ether oxygens (including phenoxy) is 1. The van der Waals surface area contributed by atoms with Crippen LogP contribution in [0.4, 0.5) is 0 Å². The lowest BCUT2D eigenvalue weighted by atomic mass is 10.1. The van der Waals surface area contributed by atoms with Crippen LogP contribution in [-0.4, -0.2) is 30.7 Å². The van der Waals surface area contributed by atoms with Crippen LogP contribution in [0, 0.1) is 5.92 Å². The van der Waals surface area contributed by atoms with E-state index in [0.29, 0.717) is 6.10 Å². The summed E-state index contributed by atoms with van der Waals surface area (Å²) >= 11 is 5.59. The Labute approximate surface area is 121 Å². The van der Waals surface area contributed by atoms with E-state index < -0.39 is 0 Å². The molecule has 1 aromatic rings. The van der Waals surface area contributed by atoms with Gasteiger partial charge in [0.2, 0.25) is 0 Å². The van der Waals surface area contributed by atoms with E-state index in [4.69, 9.17) is 4.74 Å². The fraction of sp³-hybridized carbons (Fsp3) is 0.571. The van der Waals surface area contributed by atoms with Gasteiger partial charge >= 0.3 is 0 Å². The van der Waals surface area contributed by atoms with E-state index in [1.54, 1.807) is 0 Å². The molecule has 0 aromatic heterocycles. The van der Waals surface area contributed by atoms with Crippen molar-refractivity contribution in [3.63, 3.8) is 0 Å². The van der Waals surface area contributed by atoms with Gasteiger partial charge in [-0.3, -0.25) is 0 Å². The van der Waals surface area contributed by atoms with Crippen LogP contribution in [0.2, 0.25) is 0 Å². The highest BCUT2D eigenvalue weighted by atomic mass is 79.9. The first kappa shape index (κ1) is 12.8.